The van der Waals surface area contributed by atoms with Gasteiger partial charge in [0, 0.05) is 26.8 Å². The first-order valence-electron chi connectivity index (χ1n) is 6.77. The molecule has 6 heteroatoms. The summed E-state index contributed by atoms with van der Waals surface area (Å²) in [7, 11) is -1.84. The van der Waals surface area contributed by atoms with Crippen molar-refractivity contribution in [3.8, 4) is 0 Å². The van der Waals surface area contributed by atoms with E-state index < -0.39 is 10.0 Å². The fourth-order valence-corrected chi connectivity index (χ4v) is 4.26. The molecule has 1 aliphatic heterocycles. The highest BCUT2D eigenvalue weighted by Crippen LogP contribution is 2.25. The van der Waals surface area contributed by atoms with Crippen LogP contribution in [0.15, 0.2) is 29.2 Å². The van der Waals surface area contributed by atoms with Crippen LogP contribution < -0.4 is 0 Å². The monoisotopic (exact) mass is 299 g/mol. The number of rotatable bonds is 5. The van der Waals surface area contributed by atoms with Gasteiger partial charge in [-0.2, -0.15) is 4.31 Å². The minimum atomic E-state index is -3.51. The molecule has 20 heavy (non-hydrogen) atoms. The smallest absolute Gasteiger partial charge is 0.243 e. The molecule has 0 aromatic heterocycles. The lowest BCUT2D eigenvalue weighted by Gasteiger charge is -2.31. The second-order valence-corrected chi connectivity index (χ2v) is 6.97. The van der Waals surface area contributed by atoms with Crippen molar-refractivity contribution >= 4 is 10.0 Å². The number of methoxy groups -OCH3 is 1. The number of sulfonamides is 1. The summed E-state index contributed by atoms with van der Waals surface area (Å²) in [6, 6.07) is 6.62. The molecule has 2 rings (SSSR count). The summed E-state index contributed by atoms with van der Waals surface area (Å²) in [5.74, 6) is 0.430. The number of hydrogen-bond acceptors (Lipinski definition) is 4. The maximum absolute atomic E-state index is 12.6. The van der Waals surface area contributed by atoms with E-state index in [2.05, 4.69) is 0 Å². The van der Waals surface area contributed by atoms with Gasteiger partial charge < -0.3 is 9.84 Å². The lowest BCUT2D eigenvalue weighted by Crippen LogP contribution is -2.39. The topological polar surface area (TPSA) is 66.8 Å². The molecule has 0 atom stereocenters. The normalized spacial score (nSPS) is 18.3. The van der Waals surface area contributed by atoms with Crippen molar-refractivity contribution in [1.29, 1.82) is 0 Å². The standard InChI is InChI=1S/C14H21NO4S/c1-19-11-12-6-8-15(9-7-12)20(17,18)14-5-3-2-4-13(14)10-16/h2-5,12,16H,6-11H2,1H3. The van der Waals surface area contributed by atoms with E-state index in [1.807, 2.05) is 0 Å². The molecule has 1 aliphatic rings. The number of piperidine rings is 1. The number of nitrogens with zero attached hydrogens (tertiary/aromatic N) is 1. The van der Waals surface area contributed by atoms with Crippen molar-refractivity contribution in [1.82, 2.24) is 4.31 Å². The molecule has 0 radical (unpaired) electrons. The molecule has 5 nitrogen and oxygen atoms in total. The molecule has 1 aromatic carbocycles. The van der Waals surface area contributed by atoms with Gasteiger partial charge in [-0.1, -0.05) is 18.2 Å². The van der Waals surface area contributed by atoms with E-state index in [1.165, 1.54) is 4.31 Å². The van der Waals surface area contributed by atoms with E-state index in [-0.39, 0.29) is 11.5 Å². The van der Waals surface area contributed by atoms with Gasteiger partial charge >= 0.3 is 0 Å². The Kier molecular flexibility index (Phi) is 5.15. The zero-order chi connectivity index (χ0) is 14.6. The summed E-state index contributed by atoms with van der Waals surface area (Å²) in [5.41, 5.74) is 0.450. The quantitative estimate of drug-likeness (QED) is 0.888. The fourth-order valence-electron chi connectivity index (χ4n) is 2.58. The summed E-state index contributed by atoms with van der Waals surface area (Å²) >= 11 is 0. The minimum Gasteiger partial charge on any atom is -0.392 e. The van der Waals surface area contributed by atoms with Crippen molar-refractivity contribution in [2.75, 3.05) is 26.8 Å². The van der Waals surface area contributed by atoms with Gasteiger partial charge in [-0.15, -0.1) is 0 Å². The van der Waals surface area contributed by atoms with Gasteiger partial charge in [0.15, 0.2) is 0 Å². The number of hydrogen-bond donors (Lipinski definition) is 1. The number of aliphatic hydroxyl groups is 1. The van der Waals surface area contributed by atoms with Crippen LogP contribution in [0, 0.1) is 5.92 Å². The molecule has 0 amide bonds. The molecule has 0 unspecified atom stereocenters. The molecule has 1 heterocycles. The van der Waals surface area contributed by atoms with Gasteiger partial charge in [0.25, 0.3) is 0 Å². The molecule has 0 spiro atoms. The van der Waals surface area contributed by atoms with Gasteiger partial charge in [-0.25, -0.2) is 8.42 Å². The second kappa shape index (κ2) is 6.67. The molecular weight excluding hydrogens is 278 g/mol. The van der Waals surface area contributed by atoms with E-state index in [4.69, 9.17) is 4.74 Å². The molecular formula is C14H21NO4S. The maximum Gasteiger partial charge on any atom is 0.243 e. The Morgan fingerprint density at radius 1 is 1.30 bits per heavy atom. The summed E-state index contributed by atoms with van der Waals surface area (Å²) in [5, 5.41) is 9.29. The Morgan fingerprint density at radius 2 is 1.95 bits per heavy atom. The van der Waals surface area contributed by atoms with Crippen molar-refractivity contribution in [3.63, 3.8) is 0 Å². The molecule has 112 valence electrons. The molecule has 1 fully saturated rings. The molecule has 1 aromatic rings. The third-order valence-corrected chi connectivity index (χ3v) is 5.74. The molecule has 0 bridgehead atoms. The summed E-state index contributed by atoms with van der Waals surface area (Å²) in [4.78, 5) is 0.215. The molecule has 1 saturated heterocycles. The van der Waals surface area contributed by atoms with Gasteiger partial charge in [0.1, 0.15) is 0 Å². The van der Waals surface area contributed by atoms with Gasteiger partial charge in [-0.05, 0) is 30.4 Å². The maximum atomic E-state index is 12.6. The SMILES string of the molecule is COCC1CCN(S(=O)(=O)c2ccccc2CO)CC1. The van der Waals surface area contributed by atoms with Crippen LogP contribution in [-0.2, 0) is 21.4 Å². The van der Waals surface area contributed by atoms with E-state index >= 15 is 0 Å². The van der Waals surface area contributed by atoms with Crippen LogP contribution in [-0.4, -0.2) is 44.6 Å². The third-order valence-electron chi connectivity index (χ3n) is 3.74. The molecule has 0 saturated carbocycles. The number of ether oxygens (including phenoxy) is 1. The highest BCUT2D eigenvalue weighted by atomic mass is 32.2. The van der Waals surface area contributed by atoms with E-state index in [0.717, 1.165) is 12.8 Å². The Bertz CT molecular complexity index is 536. The Labute approximate surface area is 120 Å². The summed E-state index contributed by atoms with van der Waals surface area (Å²) in [6.07, 6.45) is 1.63. The average Bonchev–Trinajstić information content (AvgIpc) is 2.48. The lowest BCUT2D eigenvalue weighted by molar-refractivity contribution is 0.121. The zero-order valence-electron chi connectivity index (χ0n) is 11.7. The molecule has 0 aliphatic carbocycles. The summed E-state index contributed by atoms with van der Waals surface area (Å²) in [6.45, 7) is 1.43. The number of benzene rings is 1. The van der Waals surface area contributed by atoms with Gasteiger partial charge in [0.05, 0.1) is 11.5 Å². The lowest BCUT2D eigenvalue weighted by atomic mass is 9.99. The first kappa shape index (κ1) is 15.4. The Morgan fingerprint density at radius 3 is 2.55 bits per heavy atom. The van der Waals surface area contributed by atoms with Crippen LogP contribution in [0.5, 0.6) is 0 Å². The third kappa shape index (κ3) is 3.20. The Balaban J connectivity index is 2.16. The highest BCUT2D eigenvalue weighted by Gasteiger charge is 2.30. The van der Waals surface area contributed by atoms with Gasteiger partial charge in [0.2, 0.25) is 10.0 Å². The van der Waals surface area contributed by atoms with Crippen LogP contribution in [0.2, 0.25) is 0 Å². The minimum absolute atomic E-state index is 0.215. The van der Waals surface area contributed by atoms with Crippen LogP contribution >= 0.6 is 0 Å². The van der Waals surface area contributed by atoms with Gasteiger partial charge in [-0.3, -0.25) is 0 Å². The predicted octanol–water partition coefficient (Wildman–Crippen LogP) is 1.23. The predicted molar refractivity (Wildman–Crippen MR) is 75.7 cm³/mol. The van der Waals surface area contributed by atoms with Crippen molar-refractivity contribution in [2.45, 2.75) is 24.3 Å². The second-order valence-electron chi connectivity index (χ2n) is 5.07. The van der Waals surface area contributed by atoms with Crippen molar-refractivity contribution in [3.05, 3.63) is 29.8 Å². The summed E-state index contributed by atoms with van der Waals surface area (Å²) < 4.78 is 31.9. The van der Waals surface area contributed by atoms with Crippen LogP contribution in [0.25, 0.3) is 0 Å². The zero-order valence-corrected chi connectivity index (χ0v) is 12.5. The van der Waals surface area contributed by atoms with Crippen molar-refractivity contribution < 1.29 is 18.3 Å². The number of aliphatic hydroxyl groups excluding tert-OH is 1. The van der Waals surface area contributed by atoms with Crippen LogP contribution in [0.3, 0.4) is 0 Å². The van der Waals surface area contributed by atoms with Crippen molar-refractivity contribution in [2.24, 2.45) is 5.92 Å². The van der Waals surface area contributed by atoms with E-state index in [1.54, 1.807) is 31.4 Å². The first-order valence-corrected chi connectivity index (χ1v) is 8.21. The van der Waals surface area contributed by atoms with Crippen LogP contribution in [0.4, 0.5) is 0 Å². The first-order chi connectivity index (χ1) is 9.59. The van der Waals surface area contributed by atoms with Crippen LogP contribution in [0.1, 0.15) is 18.4 Å². The van der Waals surface area contributed by atoms with E-state index in [9.17, 15) is 13.5 Å². The van der Waals surface area contributed by atoms with E-state index in [0.29, 0.717) is 31.2 Å². The Hall–Kier alpha value is -0.950. The molecule has 1 N–H and O–H groups in total. The fraction of sp³-hybridized carbons (Fsp3) is 0.571. The highest BCUT2D eigenvalue weighted by molar-refractivity contribution is 7.89. The largest absolute Gasteiger partial charge is 0.392 e. The average molecular weight is 299 g/mol.